The number of hydrogen-bond donors (Lipinski definition) is 0. The topological polar surface area (TPSA) is 47.4 Å². The fourth-order valence-electron chi connectivity index (χ4n) is 3.21. The molecule has 5 heteroatoms. The molecule has 1 fully saturated rings. The molecule has 0 saturated heterocycles. The number of aromatic nitrogens is 2. The van der Waals surface area contributed by atoms with Crippen LogP contribution in [0.25, 0.3) is 11.3 Å². The van der Waals surface area contributed by atoms with E-state index in [2.05, 4.69) is 11.2 Å². The molecule has 1 aromatic carbocycles. The summed E-state index contributed by atoms with van der Waals surface area (Å²) in [6.07, 6.45) is 3.35. The molecule has 0 atom stereocenters. The van der Waals surface area contributed by atoms with Gasteiger partial charge in [-0.25, -0.2) is 4.68 Å². The minimum Gasteiger partial charge on any atom is -0.493 e. The van der Waals surface area contributed by atoms with Crippen LogP contribution in [0.4, 0.5) is 0 Å². The summed E-state index contributed by atoms with van der Waals surface area (Å²) in [5, 5.41) is 4.66. The third kappa shape index (κ3) is 3.08. The Morgan fingerprint density at radius 3 is 2.88 bits per heavy atom. The molecule has 2 aliphatic rings. The van der Waals surface area contributed by atoms with Crippen LogP contribution in [-0.2, 0) is 19.5 Å². The van der Waals surface area contributed by atoms with E-state index in [9.17, 15) is 4.79 Å². The van der Waals surface area contributed by atoms with Gasteiger partial charge in [0.05, 0.1) is 12.3 Å². The average molecular weight is 325 g/mol. The normalized spacial score (nSPS) is 16.3. The first kappa shape index (κ1) is 15.4. The largest absolute Gasteiger partial charge is 0.493 e. The van der Waals surface area contributed by atoms with Crippen LogP contribution in [0.2, 0.25) is 0 Å². The Bertz CT molecular complexity index is 794. The number of hydrogen-bond acceptors (Lipinski definition) is 4. The second kappa shape index (κ2) is 6.06. The van der Waals surface area contributed by atoms with Gasteiger partial charge in [0.25, 0.3) is 5.56 Å². The summed E-state index contributed by atoms with van der Waals surface area (Å²) in [6, 6.07) is 8.15. The van der Waals surface area contributed by atoms with Crippen molar-refractivity contribution in [3.8, 4) is 17.0 Å². The molecule has 2 heterocycles. The van der Waals surface area contributed by atoms with Crippen molar-refractivity contribution in [3.63, 3.8) is 0 Å². The molecule has 126 valence electrons. The summed E-state index contributed by atoms with van der Waals surface area (Å²) in [5.41, 5.74) is 4.01. The van der Waals surface area contributed by atoms with Gasteiger partial charge in [0, 0.05) is 30.6 Å². The summed E-state index contributed by atoms with van der Waals surface area (Å²) in [7, 11) is 3.97. The molecule has 4 rings (SSSR count). The van der Waals surface area contributed by atoms with Crippen LogP contribution < -0.4 is 10.3 Å². The molecule has 1 aliphatic heterocycles. The summed E-state index contributed by atoms with van der Waals surface area (Å²) in [5.74, 6) is 1.59. The van der Waals surface area contributed by atoms with Gasteiger partial charge < -0.3 is 9.64 Å². The van der Waals surface area contributed by atoms with Gasteiger partial charge in [-0.2, -0.15) is 5.10 Å². The van der Waals surface area contributed by atoms with Crippen LogP contribution in [0.15, 0.2) is 29.1 Å². The lowest BCUT2D eigenvalue weighted by atomic mass is 10.0. The van der Waals surface area contributed by atoms with Gasteiger partial charge in [0.15, 0.2) is 0 Å². The van der Waals surface area contributed by atoms with E-state index in [0.29, 0.717) is 12.5 Å². The molecule has 0 radical (unpaired) electrons. The number of benzene rings is 1. The monoisotopic (exact) mass is 325 g/mol. The first-order chi connectivity index (χ1) is 11.6. The molecule has 1 aromatic heterocycles. The lowest BCUT2D eigenvalue weighted by Crippen LogP contribution is -2.30. The van der Waals surface area contributed by atoms with Gasteiger partial charge in [0.2, 0.25) is 0 Å². The van der Waals surface area contributed by atoms with Gasteiger partial charge in [-0.1, -0.05) is 0 Å². The highest BCUT2D eigenvalue weighted by atomic mass is 16.5. The molecule has 5 nitrogen and oxygen atoms in total. The lowest BCUT2D eigenvalue weighted by molar-refractivity contribution is 0.357. The van der Waals surface area contributed by atoms with Gasteiger partial charge >= 0.3 is 0 Å². The van der Waals surface area contributed by atoms with Crippen LogP contribution in [0.5, 0.6) is 5.75 Å². The Morgan fingerprint density at radius 2 is 2.12 bits per heavy atom. The zero-order chi connectivity index (χ0) is 16.7. The molecule has 1 aliphatic carbocycles. The van der Waals surface area contributed by atoms with E-state index >= 15 is 0 Å². The van der Waals surface area contributed by atoms with Crippen molar-refractivity contribution in [2.45, 2.75) is 32.4 Å². The fourth-order valence-corrected chi connectivity index (χ4v) is 3.21. The maximum absolute atomic E-state index is 12.7. The Balaban J connectivity index is 1.77. The van der Waals surface area contributed by atoms with Crippen LogP contribution >= 0.6 is 0 Å². The minimum absolute atomic E-state index is 0.0452. The van der Waals surface area contributed by atoms with E-state index in [0.717, 1.165) is 42.1 Å². The quantitative estimate of drug-likeness (QED) is 0.846. The molecule has 0 spiro atoms. The van der Waals surface area contributed by atoms with Crippen molar-refractivity contribution < 1.29 is 4.74 Å². The molecule has 2 aromatic rings. The van der Waals surface area contributed by atoms with E-state index in [1.807, 2.05) is 37.2 Å². The first-order valence-corrected chi connectivity index (χ1v) is 8.62. The van der Waals surface area contributed by atoms with E-state index in [1.165, 1.54) is 18.4 Å². The van der Waals surface area contributed by atoms with E-state index in [4.69, 9.17) is 4.74 Å². The summed E-state index contributed by atoms with van der Waals surface area (Å²) >= 11 is 0. The van der Waals surface area contributed by atoms with Gasteiger partial charge in [-0.3, -0.25) is 4.79 Å². The molecule has 0 bridgehead atoms. The zero-order valence-corrected chi connectivity index (χ0v) is 14.3. The third-order valence-electron chi connectivity index (χ3n) is 4.65. The average Bonchev–Trinajstić information content (AvgIpc) is 3.24. The highest BCUT2D eigenvalue weighted by molar-refractivity contribution is 5.62. The van der Waals surface area contributed by atoms with Gasteiger partial charge in [-0.05, 0) is 62.7 Å². The van der Waals surface area contributed by atoms with E-state index in [1.54, 1.807) is 4.68 Å². The maximum Gasteiger partial charge on any atom is 0.271 e. The van der Waals surface area contributed by atoms with Crippen LogP contribution in [0, 0.1) is 5.92 Å². The van der Waals surface area contributed by atoms with Crippen LogP contribution in [0.1, 0.15) is 24.0 Å². The SMILES string of the molecule is CN(C)Cc1cc(-c2ccc3c(c2)CCO3)nn(CC2CC2)c1=O. The number of ether oxygens (including phenoxy) is 1. The van der Waals surface area contributed by atoms with E-state index < -0.39 is 0 Å². The Morgan fingerprint density at radius 1 is 1.29 bits per heavy atom. The van der Waals surface area contributed by atoms with Gasteiger partial charge in [0.1, 0.15) is 5.75 Å². The van der Waals surface area contributed by atoms with Crippen molar-refractivity contribution >= 4 is 0 Å². The predicted molar refractivity (Wildman–Crippen MR) is 93.2 cm³/mol. The molecular formula is C19H23N3O2. The van der Waals surface area contributed by atoms with Gasteiger partial charge in [-0.15, -0.1) is 0 Å². The molecule has 1 saturated carbocycles. The van der Waals surface area contributed by atoms with E-state index in [-0.39, 0.29) is 5.56 Å². The van der Waals surface area contributed by atoms with Crippen molar-refractivity contribution in [1.29, 1.82) is 0 Å². The Kier molecular flexibility index (Phi) is 3.88. The fraction of sp³-hybridized carbons (Fsp3) is 0.474. The van der Waals surface area contributed by atoms with Crippen molar-refractivity contribution in [3.05, 3.63) is 45.7 Å². The first-order valence-electron chi connectivity index (χ1n) is 8.62. The minimum atomic E-state index is 0.0452. The summed E-state index contributed by atoms with van der Waals surface area (Å²) < 4.78 is 7.26. The molecule has 0 amide bonds. The maximum atomic E-state index is 12.7. The predicted octanol–water partition coefficient (Wildman–Crippen LogP) is 2.32. The second-order valence-electron chi connectivity index (χ2n) is 7.14. The smallest absolute Gasteiger partial charge is 0.271 e. The van der Waals surface area contributed by atoms with Crippen molar-refractivity contribution in [2.24, 2.45) is 5.92 Å². The summed E-state index contributed by atoms with van der Waals surface area (Å²) in [4.78, 5) is 14.7. The van der Waals surface area contributed by atoms with Crippen LogP contribution in [-0.4, -0.2) is 35.4 Å². The number of fused-ring (bicyclic) bond motifs is 1. The Hall–Kier alpha value is -2.14. The summed E-state index contributed by atoms with van der Waals surface area (Å²) in [6.45, 7) is 2.12. The highest BCUT2D eigenvalue weighted by Crippen LogP contribution is 2.31. The standard InChI is InChI=1S/C19H23N3O2/c1-21(2)12-16-10-17(20-22(19(16)23)11-13-3-4-13)14-5-6-18-15(9-14)7-8-24-18/h5-6,9-10,13H,3-4,7-8,11-12H2,1-2H3. The molecule has 24 heavy (non-hydrogen) atoms. The van der Waals surface area contributed by atoms with Crippen molar-refractivity contribution in [1.82, 2.24) is 14.7 Å². The molecule has 0 unspecified atom stereocenters. The number of nitrogens with zero attached hydrogens (tertiary/aromatic N) is 3. The highest BCUT2D eigenvalue weighted by Gasteiger charge is 2.24. The molecule has 0 N–H and O–H groups in total. The number of rotatable bonds is 5. The third-order valence-corrected chi connectivity index (χ3v) is 4.65. The van der Waals surface area contributed by atoms with Crippen LogP contribution in [0.3, 0.4) is 0 Å². The lowest BCUT2D eigenvalue weighted by Gasteiger charge is -2.14. The zero-order valence-electron chi connectivity index (χ0n) is 14.3. The molecular weight excluding hydrogens is 302 g/mol. The second-order valence-corrected chi connectivity index (χ2v) is 7.14. The van der Waals surface area contributed by atoms with Crippen molar-refractivity contribution in [2.75, 3.05) is 20.7 Å². The Labute approximate surface area is 141 Å².